The van der Waals surface area contributed by atoms with Crippen molar-refractivity contribution in [2.45, 2.75) is 32.2 Å². The summed E-state index contributed by atoms with van der Waals surface area (Å²) in [6.45, 7) is 5.41. The van der Waals surface area contributed by atoms with E-state index in [2.05, 4.69) is 24.0 Å². The molecule has 0 aliphatic carbocycles. The van der Waals surface area contributed by atoms with Gasteiger partial charge in [-0.15, -0.1) is 0 Å². The molecule has 0 saturated carbocycles. The molecule has 0 amide bonds. The molecule has 0 aromatic carbocycles. The van der Waals surface area contributed by atoms with Crippen LogP contribution in [-0.4, -0.2) is 30.6 Å². The van der Waals surface area contributed by atoms with Crippen molar-refractivity contribution < 1.29 is 0 Å². The van der Waals surface area contributed by atoms with E-state index in [0.717, 1.165) is 6.04 Å². The van der Waals surface area contributed by atoms with Gasteiger partial charge in [-0.25, -0.2) is 0 Å². The first kappa shape index (κ1) is 9.75. The summed E-state index contributed by atoms with van der Waals surface area (Å²) < 4.78 is 0. The van der Waals surface area contributed by atoms with E-state index in [1.807, 2.05) is 0 Å². The van der Waals surface area contributed by atoms with Crippen molar-refractivity contribution in [3.8, 4) is 0 Å². The minimum atomic E-state index is 0.679. The summed E-state index contributed by atoms with van der Waals surface area (Å²) in [5.41, 5.74) is 5.38. The second kappa shape index (κ2) is 5.33. The fourth-order valence-electron chi connectivity index (χ4n) is 1.93. The zero-order chi connectivity index (χ0) is 8.81. The van der Waals surface area contributed by atoms with Crippen LogP contribution in [0.25, 0.3) is 0 Å². The smallest absolute Gasteiger partial charge is 0.0130 e. The molecule has 12 heavy (non-hydrogen) atoms. The van der Waals surface area contributed by atoms with E-state index in [1.165, 1.54) is 32.4 Å². The van der Waals surface area contributed by atoms with Gasteiger partial charge in [-0.2, -0.15) is 0 Å². The molecule has 1 saturated heterocycles. The molecule has 0 bridgehead atoms. The van der Waals surface area contributed by atoms with E-state index in [4.69, 9.17) is 5.73 Å². The Kier molecular flexibility index (Phi) is 4.33. The van der Waals surface area contributed by atoms with Crippen LogP contribution in [0.1, 0.15) is 26.2 Å². The lowest BCUT2D eigenvalue weighted by atomic mass is 10.1. The van der Waals surface area contributed by atoms with Crippen molar-refractivity contribution in [2.75, 3.05) is 19.6 Å². The molecule has 1 unspecified atom stereocenters. The standard InChI is InChI=1S/C10H20N2/c1-2-12-9-5-7-10(12)6-3-4-8-11/h3-4,10H,2,5-9,11H2,1H3/b4-3-. The molecule has 1 rings (SSSR count). The van der Waals surface area contributed by atoms with Crippen molar-refractivity contribution in [1.29, 1.82) is 0 Å². The Balaban J connectivity index is 2.25. The molecule has 2 N–H and O–H groups in total. The van der Waals surface area contributed by atoms with Gasteiger partial charge in [0.25, 0.3) is 0 Å². The summed E-state index contributed by atoms with van der Waals surface area (Å²) >= 11 is 0. The second-order valence-corrected chi connectivity index (χ2v) is 3.37. The molecule has 1 atom stereocenters. The molecule has 1 aliphatic heterocycles. The van der Waals surface area contributed by atoms with Gasteiger partial charge in [0.15, 0.2) is 0 Å². The number of hydrogen-bond acceptors (Lipinski definition) is 2. The summed E-state index contributed by atoms with van der Waals surface area (Å²) in [5, 5.41) is 0. The Morgan fingerprint density at radius 3 is 3.00 bits per heavy atom. The van der Waals surface area contributed by atoms with Gasteiger partial charge in [-0.3, -0.25) is 0 Å². The van der Waals surface area contributed by atoms with Gasteiger partial charge >= 0.3 is 0 Å². The highest BCUT2D eigenvalue weighted by Crippen LogP contribution is 2.19. The second-order valence-electron chi connectivity index (χ2n) is 3.37. The van der Waals surface area contributed by atoms with E-state index in [9.17, 15) is 0 Å². The fourth-order valence-corrected chi connectivity index (χ4v) is 1.93. The lowest BCUT2D eigenvalue weighted by Crippen LogP contribution is -2.28. The normalized spacial score (nSPS) is 25.7. The molecule has 0 spiro atoms. The van der Waals surface area contributed by atoms with Crippen LogP contribution in [-0.2, 0) is 0 Å². The Morgan fingerprint density at radius 1 is 1.50 bits per heavy atom. The molecule has 2 heteroatoms. The van der Waals surface area contributed by atoms with Crippen LogP contribution in [0, 0.1) is 0 Å². The van der Waals surface area contributed by atoms with Crippen LogP contribution in [0.2, 0.25) is 0 Å². The summed E-state index contributed by atoms with van der Waals surface area (Å²) in [6, 6.07) is 0.790. The third-order valence-corrected chi connectivity index (χ3v) is 2.62. The Labute approximate surface area is 75.4 Å². The summed E-state index contributed by atoms with van der Waals surface area (Å²) in [7, 11) is 0. The van der Waals surface area contributed by atoms with E-state index >= 15 is 0 Å². The minimum absolute atomic E-state index is 0.679. The average Bonchev–Trinajstić information content (AvgIpc) is 2.52. The predicted octanol–water partition coefficient (Wildman–Crippen LogP) is 1.38. The maximum Gasteiger partial charge on any atom is 0.0130 e. The Bertz CT molecular complexity index is 143. The minimum Gasteiger partial charge on any atom is -0.327 e. The van der Waals surface area contributed by atoms with Crippen molar-refractivity contribution in [1.82, 2.24) is 4.90 Å². The van der Waals surface area contributed by atoms with E-state index in [1.54, 1.807) is 0 Å². The number of likely N-dealkylation sites (tertiary alicyclic amines) is 1. The van der Waals surface area contributed by atoms with Crippen molar-refractivity contribution in [2.24, 2.45) is 5.73 Å². The summed E-state index contributed by atoms with van der Waals surface area (Å²) in [4.78, 5) is 2.56. The van der Waals surface area contributed by atoms with Crippen LogP contribution in [0.3, 0.4) is 0 Å². The lowest BCUT2D eigenvalue weighted by Gasteiger charge is -2.20. The first-order valence-electron chi connectivity index (χ1n) is 4.97. The van der Waals surface area contributed by atoms with Gasteiger partial charge in [0.2, 0.25) is 0 Å². The molecule has 0 aromatic rings. The highest BCUT2D eigenvalue weighted by molar-refractivity contribution is 4.90. The molecular weight excluding hydrogens is 148 g/mol. The lowest BCUT2D eigenvalue weighted by molar-refractivity contribution is 0.269. The number of rotatable bonds is 4. The molecule has 1 heterocycles. The largest absolute Gasteiger partial charge is 0.327 e. The Morgan fingerprint density at radius 2 is 2.33 bits per heavy atom. The highest BCUT2D eigenvalue weighted by Gasteiger charge is 2.20. The molecule has 70 valence electrons. The van der Waals surface area contributed by atoms with Crippen LogP contribution in [0.5, 0.6) is 0 Å². The van der Waals surface area contributed by atoms with Crippen LogP contribution < -0.4 is 5.73 Å². The predicted molar refractivity (Wildman–Crippen MR) is 53.1 cm³/mol. The van der Waals surface area contributed by atoms with Gasteiger partial charge in [0.05, 0.1) is 0 Å². The zero-order valence-electron chi connectivity index (χ0n) is 8.00. The monoisotopic (exact) mass is 168 g/mol. The number of nitrogens with zero attached hydrogens (tertiary/aromatic N) is 1. The molecule has 1 aliphatic rings. The quantitative estimate of drug-likeness (QED) is 0.642. The van der Waals surface area contributed by atoms with Gasteiger partial charge in [0.1, 0.15) is 0 Å². The van der Waals surface area contributed by atoms with E-state index in [0.29, 0.717) is 6.54 Å². The van der Waals surface area contributed by atoms with Crippen molar-refractivity contribution >= 4 is 0 Å². The number of nitrogens with two attached hydrogens (primary N) is 1. The molecule has 0 radical (unpaired) electrons. The van der Waals surface area contributed by atoms with Crippen LogP contribution >= 0.6 is 0 Å². The first-order chi connectivity index (χ1) is 5.88. The third-order valence-electron chi connectivity index (χ3n) is 2.62. The average molecular weight is 168 g/mol. The van der Waals surface area contributed by atoms with Crippen LogP contribution in [0.15, 0.2) is 12.2 Å². The Hall–Kier alpha value is -0.340. The maximum atomic E-state index is 5.38. The van der Waals surface area contributed by atoms with Gasteiger partial charge < -0.3 is 10.6 Å². The highest BCUT2D eigenvalue weighted by atomic mass is 15.2. The van der Waals surface area contributed by atoms with E-state index in [-0.39, 0.29) is 0 Å². The fraction of sp³-hybridized carbons (Fsp3) is 0.800. The topological polar surface area (TPSA) is 29.3 Å². The third kappa shape index (κ3) is 2.61. The first-order valence-corrected chi connectivity index (χ1v) is 4.97. The zero-order valence-corrected chi connectivity index (χ0v) is 8.00. The summed E-state index contributed by atoms with van der Waals surface area (Å²) in [5.74, 6) is 0. The van der Waals surface area contributed by atoms with Gasteiger partial charge in [-0.05, 0) is 32.4 Å². The molecule has 1 fully saturated rings. The molecule has 0 aromatic heterocycles. The SMILES string of the molecule is CCN1CCCC1C/C=C\CN. The van der Waals surface area contributed by atoms with Crippen molar-refractivity contribution in [3.63, 3.8) is 0 Å². The van der Waals surface area contributed by atoms with Gasteiger partial charge in [-0.1, -0.05) is 19.1 Å². The molecular formula is C10H20N2. The van der Waals surface area contributed by atoms with Gasteiger partial charge in [0, 0.05) is 12.6 Å². The molecule has 2 nitrogen and oxygen atoms in total. The maximum absolute atomic E-state index is 5.38. The number of hydrogen-bond donors (Lipinski definition) is 1. The van der Waals surface area contributed by atoms with Crippen LogP contribution in [0.4, 0.5) is 0 Å². The summed E-state index contributed by atoms with van der Waals surface area (Å²) in [6.07, 6.45) is 8.20. The van der Waals surface area contributed by atoms with E-state index < -0.39 is 0 Å². The van der Waals surface area contributed by atoms with Crippen molar-refractivity contribution in [3.05, 3.63) is 12.2 Å².